The first-order valence-corrected chi connectivity index (χ1v) is 6.88. The molecule has 1 aliphatic rings. The second-order valence-electron chi connectivity index (χ2n) is 5.06. The summed E-state index contributed by atoms with van der Waals surface area (Å²) in [6.45, 7) is 1.96. The van der Waals surface area contributed by atoms with Crippen LogP contribution in [0, 0.1) is 0 Å². The smallest absolute Gasteiger partial charge is 0.222 e. The second kappa shape index (κ2) is 9.78. The van der Waals surface area contributed by atoms with Gasteiger partial charge in [-0.25, -0.2) is 4.98 Å². The molecule has 2 heterocycles. The zero-order valence-electron chi connectivity index (χ0n) is 12.8. The Labute approximate surface area is 155 Å². The van der Waals surface area contributed by atoms with Gasteiger partial charge in [-0.1, -0.05) is 30.3 Å². The molecule has 1 atom stereocenters. The van der Waals surface area contributed by atoms with Crippen LogP contribution in [0.5, 0.6) is 0 Å². The van der Waals surface area contributed by atoms with Crippen molar-refractivity contribution in [1.29, 1.82) is 0 Å². The Balaban J connectivity index is 0.00000161. The van der Waals surface area contributed by atoms with Gasteiger partial charge in [0, 0.05) is 30.8 Å². The lowest BCUT2D eigenvalue weighted by Crippen LogP contribution is -2.30. The lowest BCUT2D eigenvalue weighted by molar-refractivity contribution is 0.616. The molecule has 1 aromatic carbocycles. The minimum atomic E-state index is 0. The average Bonchev–Trinajstić information content (AvgIpc) is 2.96. The summed E-state index contributed by atoms with van der Waals surface area (Å²) in [5.41, 5.74) is 7.81. The van der Waals surface area contributed by atoms with Gasteiger partial charge < -0.3 is 16.0 Å². The van der Waals surface area contributed by atoms with Crippen LogP contribution in [0.2, 0.25) is 0 Å². The van der Waals surface area contributed by atoms with Crippen molar-refractivity contribution in [1.82, 2.24) is 15.3 Å². The fourth-order valence-electron chi connectivity index (χ4n) is 2.58. The molecule has 0 amide bonds. The SMILES string of the molecule is CN[C@H]1CCN(c2cc(-c3ccccc3)nc(N)n2)C1.Cl.Cl.Cl. The van der Waals surface area contributed by atoms with E-state index in [1.807, 2.05) is 43.4 Å². The highest BCUT2D eigenvalue weighted by molar-refractivity contribution is 5.86. The molecule has 5 nitrogen and oxygen atoms in total. The van der Waals surface area contributed by atoms with Crippen LogP contribution in [0.1, 0.15) is 6.42 Å². The molecular weight excluding hydrogens is 357 g/mol. The van der Waals surface area contributed by atoms with E-state index in [1.54, 1.807) is 0 Å². The lowest BCUT2D eigenvalue weighted by Gasteiger charge is -2.18. The first-order chi connectivity index (χ1) is 9.76. The molecule has 8 heteroatoms. The fourth-order valence-corrected chi connectivity index (χ4v) is 2.58. The van der Waals surface area contributed by atoms with Crippen LogP contribution in [-0.4, -0.2) is 36.1 Å². The molecule has 128 valence electrons. The van der Waals surface area contributed by atoms with E-state index in [0.717, 1.165) is 36.6 Å². The highest BCUT2D eigenvalue weighted by atomic mass is 35.5. The number of nitrogens with zero attached hydrogens (tertiary/aromatic N) is 3. The van der Waals surface area contributed by atoms with E-state index in [2.05, 4.69) is 20.2 Å². The van der Waals surface area contributed by atoms with E-state index < -0.39 is 0 Å². The zero-order valence-corrected chi connectivity index (χ0v) is 15.3. The summed E-state index contributed by atoms with van der Waals surface area (Å²) in [5.74, 6) is 1.24. The number of likely N-dealkylation sites (N-methyl/N-ethyl adjacent to an activating group) is 1. The van der Waals surface area contributed by atoms with E-state index in [4.69, 9.17) is 5.73 Å². The molecular formula is C15H22Cl3N5. The van der Waals surface area contributed by atoms with Gasteiger partial charge in [0.15, 0.2) is 0 Å². The number of nitrogens with one attached hydrogen (secondary N) is 1. The Bertz CT molecular complexity index is 597. The maximum absolute atomic E-state index is 5.87. The molecule has 0 bridgehead atoms. The third-order valence-corrected chi connectivity index (χ3v) is 3.72. The van der Waals surface area contributed by atoms with Crippen molar-refractivity contribution >= 4 is 49.0 Å². The monoisotopic (exact) mass is 377 g/mol. The summed E-state index contributed by atoms with van der Waals surface area (Å²) in [6.07, 6.45) is 1.13. The van der Waals surface area contributed by atoms with Crippen molar-refractivity contribution in [2.75, 3.05) is 30.8 Å². The van der Waals surface area contributed by atoms with Crippen LogP contribution >= 0.6 is 37.2 Å². The van der Waals surface area contributed by atoms with Crippen LogP contribution < -0.4 is 16.0 Å². The van der Waals surface area contributed by atoms with Crippen molar-refractivity contribution in [3.05, 3.63) is 36.4 Å². The van der Waals surface area contributed by atoms with Gasteiger partial charge in [0.05, 0.1) is 5.69 Å². The molecule has 0 spiro atoms. The summed E-state index contributed by atoms with van der Waals surface area (Å²) in [5, 5.41) is 3.31. The van der Waals surface area contributed by atoms with E-state index in [1.165, 1.54) is 0 Å². The van der Waals surface area contributed by atoms with E-state index in [9.17, 15) is 0 Å². The van der Waals surface area contributed by atoms with Gasteiger partial charge in [-0.15, -0.1) is 37.2 Å². The van der Waals surface area contributed by atoms with Crippen molar-refractivity contribution < 1.29 is 0 Å². The fraction of sp³-hybridized carbons (Fsp3) is 0.333. The quantitative estimate of drug-likeness (QED) is 0.859. The van der Waals surface area contributed by atoms with Gasteiger partial charge in [0.1, 0.15) is 5.82 Å². The van der Waals surface area contributed by atoms with Crippen LogP contribution in [0.3, 0.4) is 0 Å². The molecule has 3 rings (SSSR count). The summed E-state index contributed by atoms with van der Waals surface area (Å²) in [6, 6.07) is 12.6. The van der Waals surface area contributed by atoms with Crippen molar-refractivity contribution in [3.63, 3.8) is 0 Å². The Kier molecular flexibility index (Phi) is 9.24. The molecule has 0 aliphatic carbocycles. The predicted octanol–water partition coefficient (Wildman–Crippen LogP) is 2.79. The molecule has 23 heavy (non-hydrogen) atoms. The number of hydrogen-bond donors (Lipinski definition) is 2. The maximum atomic E-state index is 5.87. The van der Waals surface area contributed by atoms with Gasteiger partial charge in [-0.2, -0.15) is 4.98 Å². The molecule has 0 unspecified atom stereocenters. The number of halogens is 3. The average molecular weight is 379 g/mol. The Hall–Kier alpha value is -1.27. The molecule has 0 saturated carbocycles. The van der Waals surface area contributed by atoms with Crippen molar-refractivity contribution in [2.24, 2.45) is 0 Å². The number of anilines is 2. The molecule has 2 aromatic rings. The number of nitrogen functional groups attached to an aromatic ring is 1. The number of aromatic nitrogens is 2. The predicted molar refractivity (Wildman–Crippen MR) is 103 cm³/mol. The second-order valence-corrected chi connectivity index (χ2v) is 5.06. The number of nitrogens with two attached hydrogens (primary N) is 1. The van der Waals surface area contributed by atoms with Crippen molar-refractivity contribution in [2.45, 2.75) is 12.5 Å². The molecule has 1 fully saturated rings. The van der Waals surface area contributed by atoms with Gasteiger partial charge in [-0.05, 0) is 13.5 Å². The van der Waals surface area contributed by atoms with E-state index in [-0.39, 0.29) is 37.2 Å². The first-order valence-electron chi connectivity index (χ1n) is 6.88. The number of hydrogen-bond acceptors (Lipinski definition) is 5. The molecule has 1 aliphatic heterocycles. The van der Waals surface area contributed by atoms with Crippen LogP contribution in [0.15, 0.2) is 36.4 Å². The Morgan fingerprint density at radius 3 is 2.43 bits per heavy atom. The number of rotatable bonds is 3. The highest BCUT2D eigenvalue weighted by Gasteiger charge is 2.22. The van der Waals surface area contributed by atoms with E-state index >= 15 is 0 Å². The van der Waals surface area contributed by atoms with E-state index in [0.29, 0.717) is 12.0 Å². The minimum absolute atomic E-state index is 0. The Morgan fingerprint density at radius 2 is 1.83 bits per heavy atom. The third-order valence-electron chi connectivity index (χ3n) is 3.72. The summed E-state index contributed by atoms with van der Waals surface area (Å²) in [7, 11) is 2.00. The van der Waals surface area contributed by atoms with Gasteiger partial charge in [0.25, 0.3) is 0 Å². The zero-order chi connectivity index (χ0) is 13.9. The molecule has 0 radical (unpaired) electrons. The summed E-state index contributed by atoms with van der Waals surface area (Å²) >= 11 is 0. The highest BCUT2D eigenvalue weighted by Crippen LogP contribution is 2.24. The third kappa shape index (κ3) is 5.11. The molecule has 3 N–H and O–H groups in total. The molecule has 1 aromatic heterocycles. The van der Waals surface area contributed by atoms with Crippen LogP contribution in [0.25, 0.3) is 11.3 Å². The topological polar surface area (TPSA) is 67.1 Å². The largest absolute Gasteiger partial charge is 0.368 e. The number of benzene rings is 1. The minimum Gasteiger partial charge on any atom is -0.368 e. The van der Waals surface area contributed by atoms with Crippen LogP contribution in [-0.2, 0) is 0 Å². The van der Waals surface area contributed by atoms with Gasteiger partial charge in [-0.3, -0.25) is 0 Å². The van der Waals surface area contributed by atoms with Gasteiger partial charge >= 0.3 is 0 Å². The maximum Gasteiger partial charge on any atom is 0.222 e. The normalized spacial score (nSPS) is 16.0. The lowest BCUT2D eigenvalue weighted by atomic mass is 10.1. The molecule has 1 saturated heterocycles. The first kappa shape index (κ1) is 21.7. The standard InChI is InChI=1S/C15H19N5.3ClH/c1-17-12-7-8-20(10-12)14-9-13(18-15(16)19-14)11-5-3-2-4-6-11;;;/h2-6,9,12,17H,7-8,10H2,1H3,(H2,16,18,19);3*1H/t12-;;;/m0.../s1. The van der Waals surface area contributed by atoms with Crippen LogP contribution in [0.4, 0.5) is 11.8 Å². The summed E-state index contributed by atoms with van der Waals surface area (Å²) in [4.78, 5) is 11.0. The van der Waals surface area contributed by atoms with Crippen molar-refractivity contribution in [3.8, 4) is 11.3 Å². The Morgan fingerprint density at radius 1 is 1.13 bits per heavy atom. The summed E-state index contributed by atoms with van der Waals surface area (Å²) < 4.78 is 0. The van der Waals surface area contributed by atoms with Gasteiger partial charge in [0.2, 0.25) is 5.95 Å².